The maximum atomic E-state index is 13.0. The van der Waals surface area contributed by atoms with Crippen LogP contribution >= 0.6 is 23.8 Å². The van der Waals surface area contributed by atoms with E-state index in [1.165, 1.54) is 0 Å². The summed E-state index contributed by atoms with van der Waals surface area (Å²) >= 11 is 11.5. The molecule has 1 aliphatic rings. The molecule has 0 bridgehead atoms. The summed E-state index contributed by atoms with van der Waals surface area (Å²) < 4.78 is 0. The Labute approximate surface area is 169 Å². The number of thiocarbonyl (C=S) groups is 1. The molecule has 0 saturated heterocycles. The van der Waals surface area contributed by atoms with Crippen molar-refractivity contribution in [1.82, 2.24) is 10.6 Å². The Morgan fingerprint density at radius 2 is 1.81 bits per heavy atom. The van der Waals surface area contributed by atoms with Crippen LogP contribution in [0.4, 0.5) is 11.4 Å². The lowest BCUT2D eigenvalue weighted by Crippen LogP contribution is -2.45. The van der Waals surface area contributed by atoms with Gasteiger partial charge in [0, 0.05) is 25.5 Å². The van der Waals surface area contributed by atoms with E-state index in [0.29, 0.717) is 27.1 Å². The van der Waals surface area contributed by atoms with Crippen LogP contribution in [-0.2, 0) is 4.79 Å². The lowest BCUT2D eigenvalue weighted by Gasteiger charge is -2.30. The summed E-state index contributed by atoms with van der Waals surface area (Å²) in [6.07, 6.45) is 0. The van der Waals surface area contributed by atoms with Gasteiger partial charge in [-0.05, 0) is 49.0 Å². The number of para-hydroxylation sites is 1. The smallest absolute Gasteiger partial charge is 0.255 e. The van der Waals surface area contributed by atoms with Crippen LogP contribution in [0.5, 0.6) is 0 Å². The summed E-state index contributed by atoms with van der Waals surface area (Å²) in [5.74, 6) is -0.232. The van der Waals surface area contributed by atoms with Crippen molar-refractivity contribution in [3.8, 4) is 0 Å². The zero-order chi connectivity index (χ0) is 19.6. The Morgan fingerprint density at radius 1 is 1.15 bits per heavy atom. The van der Waals surface area contributed by atoms with Crippen LogP contribution < -0.4 is 20.9 Å². The quantitative estimate of drug-likeness (QED) is 0.681. The summed E-state index contributed by atoms with van der Waals surface area (Å²) in [5.41, 5.74) is 3.89. The molecule has 0 fully saturated rings. The van der Waals surface area contributed by atoms with Gasteiger partial charge in [0.15, 0.2) is 5.11 Å². The van der Waals surface area contributed by atoms with Crippen LogP contribution in [0.1, 0.15) is 18.5 Å². The van der Waals surface area contributed by atoms with E-state index in [9.17, 15) is 4.79 Å². The fourth-order valence-corrected chi connectivity index (χ4v) is 3.42. The molecule has 27 heavy (non-hydrogen) atoms. The number of carbonyl (C=O) groups excluding carboxylic acids is 1. The van der Waals surface area contributed by atoms with Gasteiger partial charge in [-0.2, -0.15) is 0 Å². The molecule has 0 saturated carbocycles. The van der Waals surface area contributed by atoms with Gasteiger partial charge in [-0.3, -0.25) is 4.79 Å². The van der Waals surface area contributed by atoms with Gasteiger partial charge < -0.3 is 20.9 Å². The third-order valence-corrected chi connectivity index (χ3v) is 4.93. The number of halogens is 1. The number of carbonyl (C=O) groups is 1. The van der Waals surface area contributed by atoms with Gasteiger partial charge >= 0.3 is 0 Å². The fourth-order valence-electron chi connectivity index (χ4n) is 2.96. The van der Waals surface area contributed by atoms with E-state index in [-0.39, 0.29) is 11.9 Å². The molecule has 5 nitrogen and oxygen atoms in total. The fraction of sp³-hybridized carbons (Fsp3) is 0.200. The number of anilines is 2. The zero-order valence-corrected chi connectivity index (χ0v) is 16.9. The minimum atomic E-state index is -0.350. The predicted molar refractivity (Wildman–Crippen MR) is 115 cm³/mol. The first-order valence-electron chi connectivity index (χ1n) is 8.48. The Bertz CT molecular complexity index is 908. The molecule has 0 spiro atoms. The number of amides is 1. The summed E-state index contributed by atoms with van der Waals surface area (Å²) in [6.45, 7) is 1.84. The number of allylic oxidation sites excluding steroid dienone is 1. The van der Waals surface area contributed by atoms with Gasteiger partial charge in [-0.15, -0.1) is 0 Å². The van der Waals surface area contributed by atoms with E-state index in [4.69, 9.17) is 23.8 Å². The highest BCUT2D eigenvalue weighted by Crippen LogP contribution is 2.30. The molecule has 0 aromatic heterocycles. The van der Waals surface area contributed by atoms with Crippen molar-refractivity contribution in [3.05, 3.63) is 70.4 Å². The summed E-state index contributed by atoms with van der Waals surface area (Å²) in [7, 11) is 3.97. The highest BCUT2D eigenvalue weighted by atomic mass is 35.5. The van der Waals surface area contributed by atoms with Gasteiger partial charge in [0.1, 0.15) is 0 Å². The van der Waals surface area contributed by atoms with Crippen LogP contribution in [-0.4, -0.2) is 25.1 Å². The molecular weight excluding hydrogens is 380 g/mol. The Balaban J connectivity index is 1.94. The first-order chi connectivity index (χ1) is 12.9. The van der Waals surface area contributed by atoms with Crippen molar-refractivity contribution in [2.75, 3.05) is 24.3 Å². The average molecular weight is 401 g/mol. The number of hydrogen-bond donors (Lipinski definition) is 3. The lowest BCUT2D eigenvalue weighted by molar-refractivity contribution is -0.113. The molecule has 0 unspecified atom stereocenters. The largest absolute Gasteiger partial charge is 0.378 e. The Morgan fingerprint density at radius 3 is 2.44 bits per heavy atom. The van der Waals surface area contributed by atoms with E-state index >= 15 is 0 Å². The van der Waals surface area contributed by atoms with Crippen molar-refractivity contribution in [2.24, 2.45) is 0 Å². The summed E-state index contributed by atoms with van der Waals surface area (Å²) in [4.78, 5) is 15.1. The second-order valence-corrected chi connectivity index (χ2v) is 7.31. The summed E-state index contributed by atoms with van der Waals surface area (Å²) in [6, 6.07) is 14.8. The summed E-state index contributed by atoms with van der Waals surface area (Å²) in [5, 5.41) is 10.1. The average Bonchev–Trinajstić information content (AvgIpc) is 2.63. The Kier molecular flexibility index (Phi) is 5.68. The van der Waals surface area contributed by atoms with Crippen LogP contribution in [0.3, 0.4) is 0 Å². The van der Waals surface area contributed by atoms with Crippen molar-refractivity contribution in [1.29, 1.82) is 0 Å². The highest BCUT2D eigenvalue weighted by molar-refractivity contribution is 7.80. The molecule has 1 heterocycles. The maximum absolute atomic E-state index is 13.0. The van der Waals surface area contributed by atoms with Crippen LogP contribution in [0, 0.1) is 0 Å². The first kappa shape index (κ1) is 19.2. The first-order valence-corrected chi connectivity index (χ1v) is 9.27. The van der Waals surface area contributed by atoms with Crippen LogP contribution in [0.2, 0.25) is 5.02 Å². The van der Waals surface area contributed by atoms with Gasteiger partial charge in [-0.1, -0.05) is 35.9 Å². The van der Waals surface area contributed by atoms with Crippen LogP contribution in [0.25, 0.3) is 0 Å². The van der Waals surface area contributed by atoms with Crippen LogP contribution in [0.15, 0.2) is 59.8 Å². The third-order valence-electron chi connectivity index (χ3n) is 4.38. The van der Waals surface area contributed by atoms with E-state index in [0.717, 1.165) is 11.3 Å². The molecule has 0 radical (unpaired) electrons. The van der Waals surface area contributed by atoms with Gasteiger partial charge in [0.2, 0.25) is 0 Å². The van der Waals surface area contributed by atoms with Crippen molar-refractivity contribution in [3.63, 3.8) is 0 Å². The molecule has 2 aromatic rings. The SMILES string of the molecule is CC1=C(C(=O)Nc2ccccc2Cl)[C@@H](c2ccc(N(C)C)cc2)NC(=S)N1. The standard InChI is InChI=1S/C20H21ClN4OS/c1-12-17(19(26)23-16-7-5-4-6-15(16)21)18(24-20(27)22-12)13-8-10-14(11-9-13)25(2)3/h4-11,18H,1-3H3,(H,23,26)(H2,22,24,27)/t18-/m1/s1. The second kappa shape index (κ2) is 7.98. The topological polar surface area (TPSA) is 56.4 Å². The third kappa shape index (κ3) is 4.23. The lowest BCUT2D eigenvalue weighted by atomic mass is 9.94. The van der Waals surface area contributed by atoms with Gasteiger partial charge in [0.05, 0.1) is 22.3 Å². The predicted octanol–water partition coefficient (Wildman–Crippen LogP) is 3.84. The van der Waals surface area contributed by atoms with E-state index < -0.39 is 0 Å². The molecule has 3 rings (SSSR count). The van der Waals surface area contributed by atoms with E-state index in [2.05, 4.69) is 16.0 Å². The molecule has 2 aromatic carbocycles. The van der Waals surface area contributed by atoms with E-state index in [1.54, 1.807) is 12.1 Å². The number of nitrogens with zero attached hydrogens (tertiary/aromatic N) is 1. The molecular formula is C20H21ClN4OS. The van der Waals surface area contributed by atoms with E-state index in [1.807, 2.05) is 62.3 Å². The molecule has 7 heteroatoms. The maximum Gasteiger partial charge on any atom is 0.255 e. The molecule has 140 valence electrons. The van der Waals surface area contributed by atoms with Crippen molar-refractivity contribution < 1.29 is 4.79 Å². The molecule has 0 aliphatic carbocycles. The minimum absolute atomic E-state index is 0.232. The Hall–Kier alpha value is -2.57. The number of rotatable bonds is 4. The molecule has 1 atom stereocenters. The molecule has 1 aliphatic heterocycles. The molecule has 1 amide bonds. The second-order valence-electron chi connectivity index (χ2n) is 6.49. The number of hydrogen-bond acceptors (Lipinski definition) is 3. The van der Waals surface area contributed by atoms with Crippen molar-refractivity contribution >= 4 is 46.2 Å². The monoisotopic (exact) mass is 400 g/mol. The normalized spacial score (nSPS) is 16.4. The zero-order valence-electron chi connectivity index (χ0n) is 15.3. The highest BCUT2D eigenvalue weighted by Gasteiger charge is 2.30. The number of nitrogens with one attached hydrogen (secondary N) is 3. The van der Waals surface area contributed by atoms with Gasteiger partial charge in [0.25, 0.3) is 5.91 Å². The van der Waals surface area contributed by atoms with Gasteiger partial charge in [-0.25, -0.2) is 0 Å². The minimum Gasteiger partial charge on any atom is -0.378 e. The van der Waals surface area contributed by atoms with Crippen molar-refractivity contribution in [2.45, 2.75) is 13.0 Å². The molecule has 3 N–H and O–H groups in total. The number of benzene rings is 2.